The minimum atomic E-state index is -3.19. The number of piperidine rings is 1. The first-order valence-corrected chi connectivity index (χ1v) is 14.1. The molecule has 2 fully saturated rings. The number of rotatable bonds is 5. The average Bonchev–Trinajstić information content (AvgIpc) is 3.17. The smallest absolute Gasteiger partial charge is 0.261 e. The largest absolute Gasteiger partial charge is 0.396 e. The summed E-state index contributed by atoms with van der Waals surface area (Å²) in [6.07, 6.45) is 1.56. The Labute approximate surface area is 183 Å². The number of ether oxygens (including phenoxy) is 1. The van der Waals surface area contributed by atoms with E-state index in [4.69, 9.17) is 4.74 Å². The fourth-order valence-electron chi connectivity index (χ4n) is 5.66. The Kier molecular flexibility index (Phi) is 5.97. The number of aliphatic hydroxyl groups excluding tert-OH is 1. The lowest BCUT2D eigenvalue weighted by Gasteiger charge is -2.30. The SMILES string of the molecule is C[C@@H]1[C@@H]([Si](C)(C)F)[C@H](CCO)O[C@@]12C(=O)Nc1ccc(NC(=O)C3CCCNC3)cc12. The zero-order valence-electron chi connectivity index (χ0n) is 18.3. The maximum absolute atomic E-state index is 15.3. The number of carbonyl (C=O) groups excluding carboxylic acids is 2. The standard InChI is InChI=1S/C22H32FN3O4Si/c1-13-19(31(2,3)23)18(8-10-27)30-22(13)16-11-15(6-7-17(16)26-21(22)29)25-20(28)14-5-4-9-24-12-14/h6-7,11,13-14,18-19,24,27H,4-5,8-10,12H2,1-3H3,(H,25,28)(H,26,29)/t13-,14?,18+,19-,22+/m1/s1. The van der Waals surface area contributed by atoms with Crippen LogP contribution in [0, 0.1) is 11.8 Å². The summed E-state index contributed by atoms with van der Waals surface area (Å²) >= 11 is 0. The van der Waals surface area contributed by atoms with Gasteiger partial charge in [-0.15, -0.1) is 0 Å². The summed E-state index contributed by atoms with van der Waals surface area (Å²) in [6.45, 7) is 6.58. The third-order valence-corrected chi connectivity index (χ3v) is 9.52. The molecule has 3 heterocycles. The number of nitrogens with one attached hydrogen (secondary N) is 3. The molecule has 2 saturated heterocycles. The van der Waals surface area contributed by atoms with Crippen molar-refractivity contribution in [1.29, 1.82) is 0 Å². The Morgan fingerprint density at radius 2 is 2.19 bits per heavy atom. The lowest BCUT2D eigenvalue weighted by Crippen LogP contribution is -2.42. The lowest BCUT2D eigenvalue weighted by atomic mass is 9.82. The molecule has 1 aromatic carbocycles. The van der Waals surface area contributed by atoms with E-state index >= 15 is 4.11 Å². The van der Waals surface area contributed by atoms with E-state index < -0.39 is 31.6 Å². The highest BCUT2D eigenvalue weighted by molar-refractivity contribution is 6.72. The fraction of sp³-hybridized carbons (Fsp3) is 0.636. The second-order valence-electron chi connectivity index (χ2n) is 9.53. The van der Waals surface area contributed by atoms with Crippen molar-refractivity contribution in [2.45, 2.75) is 56.5 Å². The van der Waals surface area contributed by atoms with Crippen molar-refractivity contribution in [3.8, 4) is 0 Å². The molecule has 2 amide bonds. The Bertz CT molecular complexity index is 871. The van der Waals surface area contributed by atoms with E-state index in [2.05, 4.69) is 16.0 Å². The lowest BCUT2D eigenvalue weighted by molar-refractivity contribution is -0.143. The first kappa shape index (κ1) is 22.4. The van der Waals surface area contributed by atoms with Gasteiger partial charge in [-0.3, -0.25) is 9.59 Å². The summed E-state index contributed by atoms with van der Waals surface area (Å²) in [6, 6.07) is 5.31. The molecule has 3 aliphatic rings. The number of anilines is 2. The summed E-state index contributed by atoms with van der Waals surface area (Å²) in [5, 5.41) is 18.6. The van der Waals surface area contributed by atoms with Crippen LogP contribution in [0.15, 0.2) is 18.2 Å². The van der Waals surface area contributed by atoms with Crippen molar-refractivity contribution in [3.63, 3.8) is 0 Å². The first-order chi connectivity index (χ1) is 14.7. The Morgan fingerprint density at radius 1 is 1.42 bits per heavy atom. The van der Waals surface area contributed by atoms with E-state index in [0.29, 0.717) is 23.5 Å². The fourth-order valence-corrected chi connectivity index (χ4v) is 8.20. The van der Waals surface area contributed by atoms with Crippen LogP contribution in [0.1, 0.15) is 31.7 Å². The van der Waals surface area contributed by atoms with Crippen LogP contribution in [0.4, 0.5) is 15.5 Å². The number of benzene rings is 1. The number of hydrogen-bond acceptors (Lipinski definition) is 5. The van der Waals surface area contributed by atoms with Gasteiger partial charge in [0.15, 0.2) is 5.60 Å². The van der Waals surface area contributed by atoms with Gasteiger partial charge in [0.1, 0.15) is 0 Å². The molecule has 1 unspecified atom stereocenters. The van der Waals surface area contributed by atoms with Crippen LogP contribution in [0.2, 0.25) is 18.6 Å². The molecule has 170 valence electrons. The molecule has 4 rings (SSSR count). The van der Waals surface area contributed by atoms with Crippen molar-refractivity contribution in [1.82, 2.24) is 5.32 Å². The molecule has 7 nitrogen and oxygen atoms in total. The molecule has 3 aliphatic heterocycles. The summed E-state index contributed by atoms with van der Waals surface area (Å²) < 4.78 is 21.6. The molecular formula is C22H32FN3O4Si. The van der Waals surface area contributed by atoms with E-state index in [-0.39, 0.29) is 30.8 Å². The predicted octanol–water partition coefficient (Wildman–Crippen LogP) is 2.73. The Morgan fingerprint density at radius 3 is 2.84 bits per heavy atom. The zero-order chi connectivity index (χ0) is 22.4. The van der Waals surface area contributed by atoms with Gasteiger partial charge >= 0.3 is 0 Å². The van der Waals surface area contributed by atoms with Crippen molar-refractivity contribution in [3.05, 3.63) is 23.8 Å². The maximum Gasteiger partial charge on any atom is 0.261 e. The molecule has 4 N–H and O–H groups in total. The maximum atomic E-state index is 15.3. The van der Waals surface area contributed by atoms with Crippen LogP contribution in [0.25, 0.3) is 0 Å². The van der Waals surface area contributed by atoms with Crippen molar-refractivity contribution in [2.75, 3.05) is 30.3 Å². The normalized spacial score (nSPS) is 32.7. The first-order valence-electron chi connectivity index (χ1n) is 11.1. The summed E-state index contributed by atoms with van der Waals surface area (Å²) in [7, 11) is -3.19. The van der Waals surface area contributed by atoms with Crippen LogP contribution in [0.5, 0.6) is 0 Å². The molecule has 31 heavy (non-hydrogen) atoms. The quantitative estimate of drug-likeness (QED) is 0.409. The van der Waals surface area contributed by atoms with Gasteiger partial charge in [-0.05, 0) is 57.1 Å². The monoisotopic (exact) mass is 449 g/mol. The molecule has 0 saturated carbocycles. The number of carbonyl (C=O) groups is 2. The van der Waals surface area contributed by atoms with Crippen molar-refractivity contribution in [2.24, 2.45) is 11.8 Å². The highest BCUT2D eigenvalue weighted by Gasteiger charge is 2.65. The summed E-state index contributed by atoms with van der Waals surface area (Å²) in [4.78, 5) is 25.9. The van der Waals surface area contributed by atoms with Crippen LogP contribution >= 0.6 is 0 Å². The van der Waals surface area contributed by atoms with Gasteiger partial charge in [-0.2, -0.15) is 0 Å². The highest BCUT2D eigenvalue weighted by Crippen LogP contribution is 2.59. The van der Waals surface area contributed by atoms with E-state index in [1.54, 1.807) is 31.3 Å². The van der Waals surface area contributed by atoms with Crippen LogP contribution in [-0.4, -0.2) is 51.1 Å². The minimum Gasteiger partial charge on any atom is -0.396 e. The molecule has 0 radical (unpaired) electrons. The molecule has 5 atom stereocenters. The topological polar surface area (TPSA) is 99.7 Å². The number of aliphatic hydroxyl groups is 1. The van der Waals surface area contributed by atoms with Crippen LogP contribution < -0.4 is 16.0 Å². The van der Waals surface area contributed by atoms with E-state index in [9.17, 15) is 14.7 Å². The van der Waals surface area contributed by atoms with Gasteiger partial charge in [-0.25, -0.2) is 0 Å². The summed E-state index contributed by atoms with van der Waals surface area (Å²) in [5.41, 5.74) is 0.107. The number of fused-ring (bicyclic) bond motifs is 2. The average molecular weight is 450 g/mol. The third kappa shape index (κ3) is 3.81. The van der Waals surface area contributed by atoms with Crippen LogP contribution in [0.3, 0.4) is 0 Å². The second kappa shape index (κ2) is 8.27. The second-order valence-corrected chi connectivity index (χ2v) is 13.3. The van der Waals surface area contributed by atoms with Gasteiger partial charge in [0.05, 0.1) is 12.0 Å². The minimum absolute atomic E-state index is 0.0489. The predicted molar refractivity (Wildman–Crippen MR) is 119 cm³/mol. The van der Waals surface area contributed by atoms with Gasteiger partial charge in [-0.1, -0.05) is 6.92 Å². The van der Waals surface area contributed by atoms with Crippen LogP contribution in [-0.2, 0) is 19.9 Å². The molecule has 1 aromatic rings. The van der Waals surface area contributed by atoms with Crippen molar-refractivity contribution < 1.29 is 23.5 Å². The van der Waals surface area contributed by atoms with Gasteiger partial charge in [0.2, 0.25) is 14.3 Å². The Hall–Kier alpha value is -1.81. The molecule has 0 aliphatic carbocycles. The zero-order valence-corrected chi connectivity index (χ0v) is 19.3. The molecular weight excluding hydrogens is 417 g/mol. The molecule has 1 spiro atoms. The number of amides is 2. The van der Waals surface area contributed by atoms with E-state index in [0.717, 1.165) is 19.4 Å². The number of halogens is 1. The van der Waals surface area contributed by atoms with Crippen molar-refractivity contribution >= 4 is 31.6 Å². The number of hydrogen-bond donors (Lipinski definition) is 4. The molecule has 9 heteroatoms. The van der Waals surface area contributed by atoms with E-state index in [1.807, 2.05) is 6.92 Å². The molecule has 0 aromatic heterocycles. The summed E-state index contributed by atoms with van der Waals surface area (Å²) in [5.74, 6) is -0.842. The van der Waals surface area contributed by atoms with Gasteiger partial charge in [0.25, 0.3) is 5.91 Å². The molecule has 0 bridgehead atoms. The van der Waals surface area contributed by atoms with Gasteiger partial charge < -0.3 is 29.9 Å². The van der Waals surface area contributed by atoms with E-state index in [1.165, 1.54) is 0 Å². The third-order valence-electron chi connectivity index (χ3n) is 7.06. The van der Waals surface area contributed by atoms with Gasteiger partial charge in [0, 0.05) is 41.5 Å². The Balaban J connectivity index is 1.66. The highest BCUT2D eigenvalue weighted by atomic mass is 28.4.